The van der Waals surface area contributed by atoms with E-state index < -0.39 is 0 Å². The van der Waals surface area contributed by atoms with Crippen LogP contribution < -0.4 is 5.32 Å². The van der Waals surface area contributed by atoms with Crippen molar-refractivity contribution in [2.45, 2.75) is 53.4 Å². The lowest BCUT2D eigenvalue weighted by Gasteiger charge is -2.16. The van der Waals surface area contributed by atoms with E-state index in [1.807, 2.05) is 0 Å². The van der Waals surface area contributed by atoms with Crippen LogP contribution in [0.25, 0.3) is 0 Å². The Hall–Kier alpha value is -0.0400. The molecule has 0 saturated carbocycles. The van der Waals surface area contributed by atoms with Crippen LogP contribution in [0.5, 0.6) is 0 Å². The van der Waals surface area contributed by atoms with E-state index >= 15 is 0 Å². The molecule has 0 heterocycles. The molecule has 0 aliphatic carbocycles. The summed E-state index contributed by atoms with van der Waals surface area (Å²) >= 11 is 0. The molecule has 0 amide bonds. The highest BCUT2D eigenvalue weighted by molar-refractivity contribution is 4.61. The van der Waals surface area contributed by atoms with Gasteiger partial charge in [-0.1, -0.05) is 40.5 Å². The van der Waals surface area contributed by atoms with Gasteiger partial charge in [-0.05, 0) is 37.8 Å². The Kier molecular flexibility index (Phi) is 8.53. The Bertz CT molecular complexity index is 101. The molecule has 0 radical (unpaired) electrons. The van der Waals surface area contributed by atoms with Gasteiger partial charge in [0.2, 0.25) is 0 Å². The fourth-order valence-electron chi connectivity index (χ4n) is 1.59. The molecule has 0 aliphatic rings. The molecule has 1 nitrogen and oxygen atoms in total. The Morgan fingerprint density at radius 1 is 1.08 bits per heavy atom. The maximum Gasteiger partial charge on any atom is -0.00231 e. The maximum atomic E-state index is 3.52. The van der Waals surface area contributed by atoms with Crippen LogP contribution >= 0.6 is 0 Å². The number of hydrogen-bond acceptors (Lipinski definition) is 1. The van der Waals surface area contributed by atoms with E-state index in [-0.39, 0.29) is 0 Å². The summed E-state index contributed by atoms with van der Waals surface area (Å²) in [6.07, 6.45) is 5.30. The lowest BCUT2D eigenvalue weighted by Crippen LogP contribution is -2.23. The van der Waals surface area contributed by atoms with Crippen LogP contribution in [0.4, 0.5) is 0 Å². The van der Waals surface area contributed by atoms with E-state index in [4.69, 9.17) is 0 Å². The molecule has 0 saturated heterocycles. The molecule has 0 fully saturated rings. The second-order valence-electron chi connectivity index (χ2n) is 4.41. The zero-order valence-corrected chi connectivity index (χ0v) is 9.90. The first-order valence-corrected chi connectivity index (χ1v) is 5.91. The quantitative estimate of drug-likeness (QED) is 0.571. The molecule has 0 rings (SSSR count). The van der Waals surface area contributed by atoms with Gasteiger partial charge < -0.3 is 5.32 Å². The van der Waals surface area contributed by atoms with Crippen molar-refractivity contribution in [2.24, 2.45) is 11.8 Å². The summed E-state index contributed by atoms with van der Waals surface area (Å²) in [7, 11) is 0. The molecule has 0 aromatic rings. The van der Waals surface area contributed by atoms with Crippen LogP contribution in [0.15, 0.2) is 0 Å². The van der Waals surface area contributed by atoms with Crippen molar-refractivity contribution < 1.29 is 0 Å². The highest BCUT2D eigenvalue weighted by Gasteiger charge is 2.05. The molecule has 1 heteroatoms. The second kappa shape index (κ2) is 8.55. The summed E-state index contributed by atoms with van der Waals surface area (Å²) in [6.45, 7) is 11.6. The normalized spacial score (nSPS) is 15.7. The van der Waals surface area contributed by atoms with Crippen LogP contribution in [0.1, 0.15) is 53.4 Å². The van der Waals surface area contributed by atoms with Crippen molar-refractivity contribution >= 4 is 0 Å². The van der Waals surface area contributed by atoms with Gasteiger partial charge in [0.25, 0.3) is 0 Å². The fraction of sp³-hybridized carbons (Fsp3) is 1.00. The third-order valence-corrected chi connectivity index (χ3v) is 2.70. The zero-order valence-electron chi connectivity index (χ0n) is 9.90. The van der Waals surface area contributed by atoms with Gasteiger partial charge >= 0.3 is 0 Å². The molecule has 0 aromatic heterocycles. The van der Waals surface area contributed by atoms with E-state index in [1.165, 1.54) is 38.8 Å². The lowest BCUT2D eigenvalue weighted by atomic mass is 9.95. The zero-order chi connectivity index (χ0) is 10.1. The first-order chi connectivity index (χ1) is 6.20. The third kappa shape index (κ3) is 8.29. The Morgan fingerprint density at radius 2 is 1.77 bits per heavy atom. The molecule has 1 N–H and O–H groups in total. The van der Waals surface area contributed by atoms with Crippen molar-refractivity contribution in [1.29, 1.82) is 0 Å². The Morgan fingerprint density at radius 3 is 2.31 bits per heavy atom. The molecule has 80 valence electrons. The fourth-order valence-corrected chi connectivity index (χ4v) is 1.59. The van der Waals surface area contributed by atoms with E-state index in [1.54, 1.807) is 0 Å². The van der Waals surface area contributed by atoms with Gasteiger partial charge in [0.1, 0.15) is 0 Å². The van der Waals surface area contributed by atoms with Crippen molar-refractivity contribution in [2.75, 3.05) is 13.1 Å². The number of unbranched alkanes of at least 4 members (excludes halogenated alkanes) is 1. The number of nitrogens with one attached hydrogen (secondary N) is 1. The highest BCUT2D eigenvalue weighted by Crippen LogP contribution is 2.13. The summed E-state index contributed by atoms with van der Waals surface area (Å²) in [5, 5.41) is 3.52. The van der Waals surface area contributed by atoms with E-state index in [0.717, 1.165) is 11.8 Å². The molecule has 2 unspecified atom stereocenters. The average molecular weight is 185 g/mol. The molecular formula is C12H27N. The molecule has 0 aromatic carbocycles. The molecule has 0 bridgehead atoms. The Labute approximate surface area is 84.3 Å². The highest BCUT2D eigenvalue weighted by atomic mass is 14.8. The van der Waals surface area contributed by atoms with Gasteiger partial charge in [0.05, 0.1) is 0 Å². The molecule has 0 aliphatic heterocycles. The number of rotatable bonds is 8. The largest absolute Gasteiger partial charge is 0.316 e. The minimum atomic E-state index is 0.840. The molecule has 0 spiro atoms. The van der Waals surface area contributed by atoms with Crippen molar-refractivity contribution in [3.63, 3.8) is 0 Å². The van der Waals surface area contributed by atoms with E-state index in [2.05, 4.69) is 33.0 Å². The van der Waals surface area contributed by atoms with Gasteiger partial charge in [-0.15, -0.1) is 0 Å². The third-order valence-electron chi connectivity index (χ3n) is 2.70. The van der Waals surface area contributed by atoms with Gasteiger partial charge in [0, 0.05) is 0 Å². The average Bonchev–Trinajstić information content (AvgIpc) is 2.12. The lowest BCUT2D eigenvalue weighted by molar-refractivity contribution is 0.387. The van der Waals surface area contributed by atoms with Crippen LogP contribution in [0.2, 0.25) is 0 Å². The van der Waals surface area contributed by atoms with Crippen LogP contribution in [0, 0.1) is 11.8 Å². The van der Waals surface area contributed by atoms with Crippen LogP contribution in [-0.2, 0) is 0 Å². The summed E-state index contributed by atoms with van der Waals surface area (Å²) in [4.78, 5) is 0. The van der Waals surface area contributed by atoms with Crippen molar-refractivity contribution in [1.82, 2.24) is 5.32 Å². The first-order valence-electron chi connectivity index (χ1n) is 5.91. The van der Waals surface area contributed by atoms with E-state index in [9.17, 15) is 0 Å². The molecule has 13 heavy (non-hydrogen) atoms. The van der Waals surface area contributed by atoms with Crippen molar-refractivity contribution in [3.8, 4) is 0 Å². The molecule has 2 atom stereocenters. The van der Waals surface area contributed by atoms with E-state index in [0.29, 0.717) is 0 Å². The maximum absolute atomic E-state index is 3.52. The van der Waals surface area contributed by atoms with Crippen molar-refractivity contribution in [3.05, 3.63) is 0 Å². The predicted molar refractivity (Wildman–Crippen MR) is 61.0 cm³/mol. The van der Waals surface area contributed by atoms with Gasteiger partial charge in [-0.25, -0.2) is 0 Å². The number of hydrogen-bond donors (Lipinski definition) is 1. The monoisotopic (exact) mass is 185 g/mol. The summed E-state index contributed by atoms with van der Waals surface area (Å²) < 4.78 is 0. The minimum absolute atomic E-state index is 0.840. The summed E-state index contributed by atoms with van der Waals surface area (Å²) in [5.74, 6) is 1.73. The van der Waals surface area contributed by atoms with Gasteiger partial charge in [-0.2, -0.15) is 0 Å². The van der Waals surface area contributed by atoms with Gasteiger partial charge in [-0.3, -0.25) is 0 Å². The van der Waals surface area contributed by atoms with Crippen LogP contribution in [0.3, 0.4) is 0 Å². The second-order valence-corrected chi connectivity index (χ2v) is 4.41. The first kappa shape index (κ1) is 13.0. The van der Waals surface area contributed by atoms with Gasteiger partial charge in [0.15, 0.2) is 0 Å². The van der Waals surface area contributed by atoms with Crippen LogP contribution in [-0.4, -0.2) is 13.1 Å². The molecular weight excluding hydrogens is 158 g/mol. The SMILES string of the molecule is CCCCNCC(C)CC(C)CC. The Balaban J connectivity index is 3.24. The minimum Gasteiger partial charge on any atom is -0.316 e. The smallest absolute Gasteiger partial charge is 0.00231 e. The topological polar surface area (TPSA) is 12.0 Å². The summed E-state index contributed by atoms with van der Waals surface area (Å²) in [6, 6.07) is 0. The summed E-state index contributed by atoms with van der Waals surface area (Å²) in [5.41, 5.74) is 0. The standard InChI is InChI=1S/C12H27N/c1-5-7-8-13-10-12(4)9-11(3)6-2/h11-13H,5-10H2,1-4H3. The predicted octanol–water partition coefficient (Wildman–Crippen LogP) is 3.45.